The quantitative estimate of drug-likeness (QED) is 0.470. The number of fused-ring (bicyclic) bond motifs is 1. The van der Waals surface area contributed by atoms with Gasteiger partial charge in [0.25, 0.3) is 10.0 Å². The molecule has 0 radical (unpaired) electrons. The van der Waals surface area contributed by atoms with Crippen molar-refractivity contribution in [3.8, 4) is 0 Å². The first-order valence-corrected chi connectivity index (χ1v) is 10.7. The fourth-order valence-electron chi connectivity index (χ4n) is 2.84. The number of sulfonamides is 1. The summed E-state index contributed by atoms with van der Waals surface area (Å²) in [4.78, 5) is 13.9. The van der Waals surface area contributed by atoms with E-state index < -0.39 is 16.0 Å². The Labute approximate surface area is 175 Å². The first kappa shape index (κ1) is 21.3. The molecule has 0 fully saturated rings. The SMILES string of the molecule is C=C(C=CC(=CC)CNS(=O)(=O)c1cc2ccccc2[nH]1)c1ccc(C(=O)O)cc1. The summed E-state index contributed by atoms with van der Waals surface area (Å²) in [6, 6.07) is 15.4. The average molecular weight is 423 g/mol. The van der Waals surface area contributed by atoms with Crippen molar-refractivity contribution >= 4 is 32.5 Å². The standard InChI is InChI=1S/C23H22N2O4S/c1-3-17(9-8-16(2)18-10-12-19(13-11-18)23(26)27)15-24-30(28,29)22-14-20-6-4-5-7-21(20)25-22/h3-14,24-25H,2,15H2,1H3,(H,26,27). The number of rotatable bonds is 8. The second kappa shape index (κ2) is 8.94. The fourth-order valence-corrected chi connectivity index (χ4v) is 3.87. The zero-order valence-electron chi connectivity index (χ0n) is 16.4. The van der Waals surface area contributed by atoms with Crippen molar-refractivity contribution in [1.82, 2.24) is 9.71 Å². The highest BCUT2D eigenvalue weighted by Crippen LogP contribution is 2.19. The van der Waals surface area contributed by atoms with E-state index in [0.717, 1.165) is 22.0 Å². The van der Waals surface area contributed by atoms with Crippen molar-refractivity contribution in [3.05, 3.63) is 96.1 Å². The third kappa shape index (κ3) is 4.94. The lowest BCUT2D eigenvalue weighted by Crippen LogP contribution is -2.25. The van der Waals surface area contributed by atoms with Crippen LogP contribution < -0.4 is 4.72 Å². The number of hydrogen-bond donors (Lipinski definition) is 3. The molecule has 3 rings (SSSR count). The molecule has 0 atom stereocenters. The van der Waals surface area contributed by atoms with E-state index in [1.807, 2.05) is 37.3 Å². The molecule has 3 N–H and O–H groups in total. The van der Waals surface area contributed by atoms with Gasteiger partial charge in [-0.1, -0.05) is 55.1 Å². The number of H-pyrrole nitrogens is 1. The van der Waals surface area contributed by atoms with Crippen molar-refractivity contribution in [2.75, 3.05) is 6.54 Å². The lowest BCUT2D eigenvalue weighted by atomic mass is 10.0. The van der Waals surface area contributed by atoms with E-state index in [-0.39, 0.29) is 17.1 Å². The molecule has 1 aromatic heterocycles. The Morgan fingerprint density at radius 3 is 2.40 bits per heavy atom. The molecule has 1 heterocycles. The van der Waals surface area contributed by atoms with E-state index >= 15 is 0 Å². The maximum atomic E-state index is 12.6. The van der Waals surface area contributed by atoms with Gasteiger partial charge in [-0.2, -0.15) is 0 Å². The minimum absolute atomic E-state index is 0.117. The Kier molecular flexibility index (Phi) is 6.34. The molecule has 0 aliphatic rings. The van der Waals surface area contributed by atoms with Crippen LogP contribution in [0.15, 0.2) is 90.0 Å². The van der Waals surface area contributed by atoms with Crippen molar-refractivity contribution in [2.45, 2.75) is 11.9 Å². The van der Waals surface area contributed by atoms with Crippen LogP contribution in [0, 0.1) is 0 Å². The average Bonchev–Trinajstić information content (AvgIpc) is 3.19. The van der Waals surface area contributed by atoms with E-state index in [0.29, 0.717) is 5.57 Å². The number of para-hydroxylation sites is 1. The second-order valence-corrected chi connectivity index (χ2v) is 8.39. The van der Waals surface area contributed by atoms with Crippen LogP contribution in [0.4, 0.5) is 0 Å². The summed E-state index contributed by atoms with van der Waals surface area (Å²) < 4.78 is 27.8. The van der Waals surface area contributed by atoms with Crippen LogP contribution in [0.5, 0.6) is 0 Å². The predicted molar refractivity (Wildman–Crippen MR) is 119 cm³/mol. The van der Waals surface area contributed by atoms with Gasteiger partial charge in [-0.25, -0.2) is 17.9 Å². The number of benzene rings is 2. The van der Waals surface area contributed by atoms with Crippen molar-refractivity contribution in [1.29, 1.82) is 0 Å². The first-order chi connectivity index (χ1) is 14.3. The van der Waals surface area contributed by atoms with Crippen LogP contribution in [0.1, 0.15) is 22.8 Å². The smallest absolute Gasteiger partial charge is 0.335 e. The number of allylic oxidation sites excluding steroid dienone is 3. The maximum absolute atomic E-state index is 12.6. The van der Waals surface area contributed by atoms with E-state index in [2.05, 4.69) is 16.3 Å². The number of hydrogen-bond acceptors (Lipinski definition) is 3. The molecule has 0 bridgehead atoms. The zero-order chi connectivity index (χ0) is 21.7. The van der Waals surface area contributed by atoms with Gasteiger partial charge < -0.3 is 10.1 Å². The van der Waals surface area contributed by atoms with Crippen molar-refractivity contribution in [2.24, 2.45) is 0 Å². The number of nitrogens with one attached hydrogen (secondary N) is 2. The van der Waals surface area contributed by atoms with E-state index in [9.17, 15) is 13.2 Å². The van der Waals surface area contributed by atoms with Gasteiger partial charge in [-0.15, -0.1) is 0 Å². The van der Waals surface area contributed by atoms with Crippen LogP contribution in [-0.2, 0) is 10.0 Å². The van der Waals surface area contributed by atoms with Crippen LogP contribution in [-0.4, -0.2) is 31.0 Å². The highest BCUT2D eigenvalue weighted by Gasteiger charge is 2.16. The highest BCUT2D eigenvalue weighted by atomic mass is 32.2. The number of aromatic amines is 1. The van der Waals surface area contributed by atoms with Gasteiger partial charge in [0.2, 0.25) is 0 Å². The maximum Gasteiger partial charge on any atom is 0.335 e. The molecule has 2 aromatic carbocycles. The Balaban J connectivity index is 1.66. The minimum Gasteiger partial charge on any atom is -0.478 e. The Morgan fingerprint density at radius 1 is 1.10 bits per heavy atom. The molecule has 7 heteroatoms. The van der Waals surface area contributed by atoms with Gasteiger partial charge >= 0.3 is 5.97 Å². The molecule has 154 valence electrons. The molecule has 0 aliphatic heterocycles. The number of carboxylic acids is 1. The van der Waals surface area contributed by atoms with Crippen LogP contribution >= 0.6 is 0 Å². The molecule has 6 nitrogen and oxygen atoms in total. The summed E-state index contributed by atoms with van der Waals surface area (Å²) in [7, 11) is -3.69. The topological polar surface area (TPSA) is 99.3 Å². The van der Waals surface area contributed by atoms with E-state index in [1.54, 1.807) is 30.4 Å². The molecule has 3 aromatic rings. The number of carbonyl (C=O) groups is 1. The molecule has 0 spiro atoms. The van der Waals surface area contributed by atoms with Crippen molar-refractivity contribution in [3.63, 3.8) is 0 Å². The van der Waals surface area contributed by atoms with Gasteiger partial charge in [0.15, 0.2) is 0 Å². The second-order valence-electron chi connectivity index (χ2n) is 6.65. The van der Waals surface area contributed by atoms with Crippen LogP contribution in [0.25, 0.3) is 16.5 Å². The van der Waals surface area contributed by atoms with Gasteiger partial charge in [0.1, 0.15) is 5.03 Å². The van der Waals surface area contributed by atoms with Crippen LogP contribution in [0.2, 0.25) is 0 Å². The molecule has 0 aliphatic carbocycles. The summed E-state index contributed by atoms with van der Waals surface area (Å²) >= 11 is 0. The molecular weight excluding hydrogens is 400 g/mol. The van der Waals surface area contributed by atoms with Crippen LogP contribution in [0.3, 0.4) is 0 Å². The molecule has 0 amide bonds. The molecular formula is C23H22N2O4S. The minimum atomic E-state index is -3.69. The Bertz CT molecular complexity index is 1220. The van der Waals surface area contributed by atoms with Gasteiger partial charge in [0, 0.05) is 17.4 Å². The third-order valence-electron chi connectivity index (χ3n) is 4.63. The summed E-state index contributed by atoms with van der Waals surface area (Å²) in [5.74, 6) is -0.985. The molecule has 0 saturated heterocycles. The number of carboxylic acid groups (broad SMARTS) is 1. The summed E-state index contributed by atoms with van der Waals surface area (Å²) in [6.07, 6.45) is 5.36. The number of aromatic nitrogens is 1. The monoisotopic (exact) mass is 422 g/mol. The third-order valence-corrected chi connectivity index (χ3v) is 5.96. The van der Waals surface area contributed by atoms with Gasteiger partial charge in [0.05, 0.1) is 5.56 Å². The normalized spacial score (nSPS) is 12.5. The molecule has 0 saturated carbocycles. The van der Waals surface area contributed by atoms with E-state index in [4.69, 9.17) is 5.11 Å². The van der Waals surface area contributed by atoms with Crippen molar-refractivity contribution < 1.29 is 18.3 Å². The van der Waals surface area contributed by atoms with Gasteiger partial charge in [-0.3, -0.25) is 0 Å². The summed E-state index contributed by atoms with van der Waals surface area (Å²) in [6.45, 7) is 5.92. The summed E-state index contributed by atoms with van der Waals surface area (Å²) in [5.41, 5.74) is 3.19. The predicted octanol–water partition coefficient (Wildman–Crippen LogP) is 4.36. The van der Waals surface area contributed by atoms with Gasteiger partial charge in [-0.05, 0) is 47.9 Å². The first-order valence-electron chi connectivity index (χ1n) is 9.23. The highest BCUT2D eigenvalue weighted by molar-refractivity contribution is 7.89. The number of aromatic carboxylic acids is 1. The summed E-state index contributed by atoms with van der Waals surface area (Å²) in [5, 5.41) is 9.91. The largest absolute Gasteiger partial charge is 0.478 e. The lowest BCUT2D eigenvalue weighted by molar-refractivity contribution is 0.0697. The zero-order valence-corrected chi connectivity index (χ0v) is 17.2. The van der Waals surface area contributed by atoms with E-state index in [1.165, 1.54) is 12.1 Å². The molecule has 30 heavy (non-hydrogen) atoms. The molecule has 0 unspecified atom stereocenters. The fraction of sp³-hybridized carbons (Fsp3) is 0.0870. The Hall–Kier alpha value is -3.42. The Morgan fingerprint density at radius 2 is 1.77 bits per heavy atom. The lowest BCUT2D eigenvalue weighted by Gasteiger charge is -2.06.